The predicted octanol–water partition coefficient (Wildman–Crippen LogP) is 2.09. The van der Waals surface area contributed by atoms with Gasteiger partial charge in [0.2, 0.25) is 0 Å². The molecule has 0 atom stereocenters. The van der Waals surface area contributed by atoms with Gasteiger partial charge in [-0.1, -0.05) is 12.8 Å². The highest BCUT2D eigenvalue weighted by Gasteiger charge is 2.19. The standard InChI is InChI=1S/C12H13N3O2/c16-12(17)10-7-15-11(13-10)6-5-9(14-15)8-3-1-2-4-8/h5-8H,1-4H2,(H,16,17). The number of carboxylic acids is 1. The summed E-state index contributed by atoms with van der Waals surface area (Å²) in [5.41, 5.74) is 1.68. The number of nitrogens with zero attached hydrogens (tertiary/aromatic N) is 3. The molecule has 0 bridgehead atoms. The molecule has 1 N–H and O–H groups in total. The molecule has 0 unspecified atom stereocenters. The maximum atomic E-state index is 10.8. The van der Waals surface area contributed by atoms with Gasteiger partial charge in [0.1, 0.15) is 0 Å². The third-order valence-corrected chi connectivity index (χ3v) is 3.33. The minimum atomic E-state index is -1.02. The second-order valence-electron chi connectivity index (χ2n) is 4.47. The molecule has 0 saturated heterocycles. The average Bonchev–Trinajstić information content (AvgIpc) is 2.97. The SMILES string of the molecule is O=C(O)c1cn2nc(C3CCCC3)ccc2n1. The van der Waals surface area contributed by atoms with Crippen LogP contribution in [0.25, 0.3) is 5.65 Å². The van der Waals surface area contributed by atoms with Gasteiger partial charge in [0.15, 0.2) is 11.3 Å². The Hall–Kier alpha value is -1.91. The van der Waals surface area contributed by atoms with E-state index in [1.54, 1.807) is 4.52 Å². The lowest BCUT2D eigenvalue weighted by molar-refractivity contribution is 0.0691. The second kappa shape index (κ2) is 3.84. The van der Waals surface area contributed by atoms with Crippen LogP contribution in [-0.4, -0.2) is 25.7 Å². The van der Waals surface area contributed by atoms with Crippen LogP contribution in [0, 0.1) is 0 Å². The van der Waals surface area contributed by atoms with Crippen LogP contribution in [0.1, 0.15) is 47.8 Å². The molecule has 2 aromatic rings. The zero-order valence-corrected chi connectivity index (χ0v) is 9.33. The first-order valence-corrected chi connectivity index (χ1v) is 5.83. The van der Waals surface area contributed by atoms with E-state index in [-0.39, 0.29) is 5.69 Å². The third kappa shape index (κ3) is 1.77. The van der Waals surface area contributed by atoms with Crippen LogP contribution in [0.2, 0.25) is 0 Å². The smallest absolute Gasteiger partial charge is 0.356 e. The largest absolute Gasteiger partial charge is 0.476 e. The predicted molar refractivity (Wildman–Crippen MR) is 61.2 cm³/mol. The lowest BCUT2D eigenvalue weighted by Gasteiger charge is -2.07. The van der Waals surface area contributed by atoms with Gasteiger partial charge in [-0.25, -0.2) is 14.3 Å². The maximum Gasteiger partial charge on any atom is 0.356 e. The van der Waals surface area contributed by atoms with Crippen molar-refractivity contribution in [1.29, 1.82) is 0 Å². The number of carbonyl (C=O) groups is 1. The molecule has 1 aliphatic rings. The highest BCUT2D eigenvalue weighted by Crippen LogP contribution is 2.32. The molecule has 0 radical (unpaired) electrons. The quantitative estimate of drug-likeness (QED) is 0.859. The van der Waals surface area contributed by atoms with Crippen LogP contribution >= 0.6 is 0 Å². The monoisotopic (exact) mass is 231 g/mol. The van der Waals surface area contributed by atoms with Gasteiger partial charge >= 0.3 is 5.97 Å². The number of aromatic carboxylic acids is 1. The molecule has 0 aromatic carbocycles. The third-order valence-electron chi connectivity index (χ3n) is 3.33. The van der Waals surface area contributed by atoms with E-state index in [1.165, 1.54) is 31.9 Å². The van der Waals surface area contributed by atoms with Crippen molar-refractivity contribution >= 4 is 11.6 Å². The summed E-state index contributed by atoms with van der Waals surface area (Å²) in [4.78, 5) is 14.8. The van der Waals surface area contributed by atoms with Gasteiger partial charge in [-0.05, 0) is 25.0 Å². The Labute approximate surface area is 98.1 Å². The molecule has 0 aliphatic heterocycles. The lowest BCUT2D eigenvalue weighted by atomic mass is 10.0. The van der Waals surface area contributed by atoms with Gasteiger partial charge in [-0.15, -0.1) is 0 Å². The number of imidazole rings is 1. The molecular formula is C12H13N3O2. The van der Waals surface area contributed by atoms with Crippen LogP contribution in [0.15, 0.2) is 18.3 Å². The number of carboxylic acid groups (broad SMARTS) is 1. The molecule has 1 saturated carbocycles. The van der Waals surface area contributed by atoms with Crippen LogP contribution in [0.5, 0.6) is 0 Å². The molecule has 0 amide bonds. The van der Waals surface area contributed by atoms with Crippen molar-refractivity contribution in [3.63, 3.8) is 0 Å². The zero-order valence-electron chi connectivity index (χ0n) is 9.33. The van der Waals surface area contributed by atoms with Crippen molar-refractivity contribution in [3.8, 4) is 0 Å². The molecule has 5 heteroatoms. The van der Waals surface area contributed by atoms with E-state index >= 15 is 0 Å². The number of rotatable bonds is 2. The molecule has 0 spiro atoms. The maximum absolute atomic E-state index is 10.8. The highest BCUT2D eigenvalue weighted by molar-refractivity contribution is 5.85. The lowest BCUT2D eigenvalue weighted by Crippen LogP contribution is -2.01. The van der Waals surface area contributed by atoms with Crippen LogP contribution in [0.4, 0.5) is 0 Å². The molecule has 5 nitrogen and oxygen atoms in total. The minimum absolute atomic E-state index is 0.0427. The van der Waals surface area contributed by atoms with E-state index in [4.69, 9.17) is 5.11 Å². The zero-order chi connectivity index (χ0) is 11.8. The van der Waals surface area contributed by atoms with E-state index in [1.807, 2.05) is 12.1 Å². The normalized spacial score (nSPS) is 16.7. The van der Waals surface area contributed by atoms with Crippen molar-refractivity contribution in [3.05, 3.63) is 29.7 Å². The van der Waals surface area contributed by atoms with E-state index in [9.17, 15) is 4.79 Å². The minimum Gasteiger partial charge on any atom is -0.476 e. The number of aromatic nitrogens is 3. The van der Waals surface area contributed by atoms with Crippen LogP contribution in [-0.2, 0) is 0 Å². The average molecular weight is 231 g/mol. The molecule has 2 heterocycles. The summed E-state index contributed by atoms with van der Waals surface area (Å²) in [5.74, 6) is -0.493. The number of hydrogen-bond acceptors (Lipinski definition) is 3. The Morgan fingerprint density at radius 1 is 1.35 bits per heavy atom. The van der Waals surface area contributed by atoms with Crippen molar-refractivity contribution in [1.82, 2.24) is 14.6 Å². The van der Waals surface area contributed by atoms with Crippen molar-refractivity contribution < 1.29 is 9.90 Å². The number of hydrogen-bond donors (Lipinski definition) is 1. The van der Waals surface area contributed by atoms with Gasteiger partial charge in [0.05, 0.1) is 11.9 Å². The first kappa shape index (κ1) is 10.3. The van der Waals surface area contributed by atoms with Crippen molar-refractivity contribution in [2.24, 2.45) is 0 Å². The molecule has 17 heavy (non-hydrogen) atoms. The molecule has 1 aliphatic carbocycles. The van der Waals surface area contributed by atoms with E-state index in [0.29, 0.717) is 11.6 Å². The fourth-order valence-corrected chi connectivity index (χ4v) is 2.44. The first-order valence-electron chi connectivity index (χ1n) is 5.83. The first-order chi connectivity index (χ1) is 8.24. The summed E-state index contributed by atoms with van der Waals surface area (Å²) in [6.07, 6.45) is 6.34. The van der Waals surface area contributed by atoms with Gasteiger partial charge < -0.3 is 5.11 Å². The Morgan fingerprint density at radius 3 is 2.82 bits per heavy atom. The molecule has 2 aromatic heterocycles. The van der Waals surface area contributed by atoms with Gasteiger partial charge in [0, 0.05) is 5.92 Å². The Bertz CT molecular complexity index is 570. The van der Waals surface area contributed by atoms with E-state index in [2.05, 4.69) is 10.1 Å². The van der Waals surface area contributed by atoms with Crippen molar-refractivity contribution in [2.45, 2.75) is 31.6 Å². The summed E-state index contributed by atoms with van der Waals surface area (Å²) in [5, 5.41) is 13.3. The summed E-state index contributed by atoms with van der Waals surface area (Å²) in [6, 6.07) is 3.80. The summed E-state index contributed by atoms with van der Waals surface area (Å²) >= 11 is 0. The Balaban J connectivity index is 2.02. The summed E-state index contributed by atoms with van der Waals surface area (Å²) in [6.45, 7) is 0. The topological polar surface area (TPSA) is 67.5 Å². The van der Waals surface area contributed by atoms with Crippen LogP contribution < -0.4 is 0 Å². The summed E-state index contributed by atoms with van der Waals surface area (Å²) < 4.78 is 1.57. The van der Waals surface area contributed by atoms with E-state index < -0.39 is 5.97 Å². The molecule has 3 rings (SSSR count). The molecule has 1 fully saturated rings. The van der Waals surface area contributed by atoms with E-state index in [0.717, 1.165) is 5.69 Å². The Morgan fingerprint density at radius 2 is 2.12 bits per heavy atom. The summed E-state index contributed by atoms with van der Waals surface area (Å²) in [7, 11) is 0. The fourth-order valence-electron chi connectivity index (χ4n) is 2.44. The van der Waals surface area contributed by atoms with Crippen molar-refractivity contribution in [2.75, 3.05) is 0 Å². The fraction of sp³-hybridized carbons (Fsp3) is 0.417. The van der Waals surface area contributed by atoms with Gasteiger partial charge in [-0.2, -0.15) is 5.10 Å². The molecule has 88 valence electrons. The van der Waals surface area contributed by atoms with Gasteiger partial charge in [-0.3, -0.25) is 0 Å². The van der Waals surface area contributed by atoms with Crippen LogP contribution in [0.3, 0.4) is 0 Å². The highest BCUT2D eigenvalue weighted by atomic mass is 16.4. The van der Waals surface area contributed by atoms with Gasteiger partial charge in [0.25, 0.3) is 0 Å². The number of fused-ring (bicyclic) bond motifs is 1. The Kier molecular flexibility index (Phi) is 2.31. The second-order valence-corrected chi connectivity index (χ2v) is 4.47. The molecular weight excluding hydrogens is 218 g/mol.